The van der Waals surface area contributed by atoms with Crippen molar-refractivity contribution >= 4 is 5.91 Å². The van der Waals surface area contributed by atoms with Crippen molar-refractivity contribution in [3.05, 3.63) is 35.4 Å². The minimum absolute atomic E-state index is 0.0352. The summed E-state index contributed by atoms with van der Waals surface area (Å²) in [5, 5.41) is 13.3. The average Bonchev–Trinajstić information content (AvgIpc) is 3.07. The van der Waals surface area contributed by atoms with E-state index in [0.29, 0.717) is 12.3 Å². The summed E-state index contributed by atoms with van der Waals surface area (Å²) < 4.78 is 0. The Morgan fingerprint density at radius 3 is 2.81 bits per heavy atom. The first-order valence-corrected chi connectivity index (χ1v) is 8.21. The van der Waals surface area contributed by atoms with Crippen molar-refractivity contribution in [2.75, 3.05) is 0 Å². The summed E-state index contributed by atoms with van der Waals surface area (Å²) in [6.07, 6.45) is 6.29. The van der Waals surface area contributed by atoms with Gasteiger partial charge < -0.3 is 10.4 Å². The van der Waals surface area contributed by atoms with Gasteiger partial charge in [-0.1, -0.05) is 56.9 Å². The van der Waals surface area contributed by atoms with Gasteiger partial charge in [-0.25, -0.2) is 0 Å². The van der Waals surface area contributed by atoms with Gasteiger partial charge in [0, 0.05) is 12.3 Å². The summed E-state index contributed by atoms with van der Waals surface area (Å²) in [7, 11) is 0. The predicted octanol–water partition coefficient (Wildman–Crippen LogP) is 2.98. The molecule has 0 aromatic heterocycles. The third kappa shape index (κ3) is 3.13. The van der Waals surface area contributed by atoms with Gasteiger partial charge in [0.15, 0.2) is 0 Å². The number of amides is 1. The van der Waals surface area contributed by atoms with Crippen LogP contribution in [0, 0.1) is 11.8 Å². The van der Waals surface area contributed by atoms with E-state index >= 15 is 0 Å². The van der Waals surface area contributed by atoms with Crippen molar-refractivity contribution in [3.63, 3.8) is 0 Å². The summed E-state index contributed by atoms with van der Waals surface area (Å²) in [6, 6.07) is 7.76. The monoisotopic (exact) mass is 287 g/mol. The van der Waals surface area contributed by atoms with Gasteiger partial charge in [0.05, 0.1) is 12.1 Å². The Morgan fingerprint density at radius 2 is 2.05 bits per heavy atom. The van der Waals surface area contributed by atoms with E-state index in [0.717, 1.165) is 17.5 Å². The lowest BCUT2D eigenvalue weighted by Crippen LogP contribution is -2.37. The maximum atomic E-state index is 12.4. The van der Waals surface area contributed by atoms with Gasteiger partial charge in [0.2, 0.25) is 5.91 Å². The van der Waals surface area contributed by atoms with Gasteiger partial charge >= 0.3 is 0 Å². The highest BCUT2D eigenvalue weighted by molar-refractivity contribution is 5.79. The number of aliphatic hydroxyl groups excluding tert-OH is 1. The van der Waals surface area contributed by atoms with Crippen LogP contribution in [0.15, 0.2) is 24.3 Å². The summed E-state index contributed by atoms with van der Waals surface area (Å²) in [4.78, 5) is 12.4. The fraction of sp³-hybridized carbons (Fsp3) is 0.611. The van der Waals surface area contributed by atoms with Crippen molar-refractivity contribution < 1.29 is 9.90 Å². The molecule has 21 heavy (non-hydrogen) atoms. The van der Waals surface area contributed by atoms with Crippen LogP contribution in [0.2, 0.25) is 0 Å². The van der Waals surface area contributed by atoms with E-state index in [1.54, 1.807) is 0 Å². The van der Waals surface area contributed by atoms with Crippen LogP contribution < -0.4 is 5.32 Å². The van der Waals surface area contributed by atoms with Crippen LogP contribution in [0.1, 0.15) is 56.2 Å². The van der Waals surface area contributed by atoms with Crippen molar-refractivity contribution in [2.24, 2.45) is 11.8 Å². The molecule has 3 atom stereocenters. The lowest BCUT2D eigenvalue weighted by atomic mass is 9.93. The van der Waals surface area contributed by atoms with E-state index in [4.69, 9.17) is 0 Å². The van der Waals surface area contributed by atoms with Crippen LogP contribution in [-0.2, 0) is 11.2 Å². The van der Waals surface area contributed by atoms with Crippen LogP contribution >= 0.6 is 0 Å². The first-order chi connectivity index (χ1) is 10.1. The molecule has 0 radical (unpaired) electrons. The molecule has 0 bridgehead atoms. The molecule has 0 aliphatic heterocycles. The Labute approximate surface area is 126 Å². The van der Waals surface area contributed by atoms with Gasteiger partial charge in [0.1, 0.15) is 0 Å². The lowest BCUT2D eigenvalue weighted by molar-refractivity contribution is -0.126. The first kappa shape index (κ1) is 14.6. The van der Waals surface area contributed by atoms with Crippen LogP contribution in [0.5, 0.6) is 0 Å². The number of carbonyl (C=O) groups is 1. The van der Waals surface area contributed by atoms with Gasteiger partial charge in [0.25, 0.3) is 0 Å². The smallest absolute Gasteiger partial charge is 0.223 e. The van der Waals surface area contributed by atoms with Gasteiger partial charge in [-0.05, 0) is 23.5 Å². The first-order valence-electron chi connectivity index (χ1n) is 8.21. The summed E-state index contributed by atoms with van der Waals surface area (Å²) in [5.41, 5.74) is 2.23. The minimum atomic E-state index is -0.495. The van der Waals surface area contributed by atoms with E-state index in [-0.39, 0.29) is 17.9 Å². The number of benzene rings is 1. The van der Waals surface area contributed by atoms with Crippen molar-refractivity contribution in [1.82, 2.24) is 5.32 Å². The highest BCUT2D eigenvalue weighted by atomic mass is 16.3. The van der Waals surface area contributed by atoms with E-state index in [9.17, 15) is 9.90 Å². The fourth-order valence-corrected chi connectivity index (χ4v) is 3.90. The Hall–Kier alpha value is -1.35. The molecule has 3 rings (SSSR count). The highest BCUT2D eigenvalue weighted by Gasteiger charge is 2.33. The van der Waals surface area contributed by atoms with Crippen LogP contribution in [0.25, 0.3) is 0 Å². The molecule has 1 saturated carbocycles. The van der Waals surface area contributed by atoms with Crippen molar-refractivity contribution in [1.29, 1.82) is 0 Å². The van der Waals surface area contributed by atoms with Crippen molar-refractivity contribution in [2.45, 2.75) is 57.6 Å². The number of hydrogen-bond acceptors (Lipinski definition) is 2. The van der Waals surface area contributed by atoms with E-state index in [1.807, 2.05) is 31.2 Å². The second kappa shape index (κ2) is 6.18. The zero-order chi connectivity index (χ0) is 14.8. The Bertz CT molecular complexity index is 508. The largest absolute Gasteiger partial charge is 0.390 e. The Balaban J connectivity index is 1.61. The maximum absolute atomic E-state index is 12.4. The third-order valence-corrected chi connectivity index (χ3v) is 5.11. The number of nitrogens with one attached hydrogen (secondary N) is 1. The molecule has 3 heteroatoms. The van der Waals surface area contributed by atoms with Crippen molar-refractivity contribution in [3.8, 4) is 0 Å². The second-order valence-corrected chi connectivity index (χ2v) is 6.74. The molecule has 2 aliphatic carbocycles. The van der Waals surface area contributed by atoms with E-state index < -0.39 is 6.10 Å². The summed E-state index contributed by atoms with van der Waals surface area (Å²) in [5.74, 6) is 0.835. The highest BCUT2D eigenvalue weighted by Crippen LogP contribution is 2.33. The normalized spacial score (nSPS) is 26.6. The molecule has 2 aliphatic rings. The molecule has 1 amide bonds. The molecular formula is C18H25NO2. The lowest BCUT2D eigenvalue weighted by Gasteiger charge is -2.22. The standard InChI is InChI=1S/C18H25NO2/c1-12(10-13-6-2-3-7-13)18(21)19-17-15-9-5-4-8-14(15)11-16(17)20/h4-5,8-9,12-13,16-17,20H,2-3,6-7,10-11H2,1H3,(H,19,21)/t12?,16-,17+/m1/s1. The third-order valence-electron chi connectivity index (χ3n) is 5.11. The molecule has 0 heterocycles. The molecule has 3 nitrogen and oxygen atoms in total. The number of rotatable bonds is 4. The number of aliphatic hydroxyl groups is 1. The Kier molecular flexibility index (Phi) is 4.29. The molecule has 2 N–H and O–H groups in total. The van der Waals surface area contributed by atoms with Crippen LogP contribution in [0.3, 0.4) is 0 Å². The molecule has 0 saturated heterocycles. The molecule has 1 aromatic rings. The van der Waals surface area contributed by atoms with Gasteiger partial charge in [-0.3, -0.25) is 4.79 Å². The van der Waals surface area contributed by atoms with Gasteiger partial charge in [-0.15, -0.1) is 0 Å². The zero-order valence-corrected chi connectivity index (χ0v) is 12.7. The number of fused-ring (bicyclic) bond motifs is 1. The van der Waals surface area contributed by atoms with Gasteiger partial charge in [-0.2, -0.15) is 0 Å². The topological polar surface area (TPSA) is 49.3 Å². The molecule has 0 spiro atoms. The fourth-order valence-electron chi connectivity index (χ4n) is 3.90. The van der Waals surface area contributed by atoms with E-state index in [1.165, 1.54) is 25.7 Å². The second-order valence-electron chi connectivity index (χ2n) is 6.74. The maximum Gasteiger partial charge on any atom is 0.223 e. The Morgan fingerprint density at radius 1 is 1.33 bits per heavy atom. The van der Waals surface area contributed by atoms with E-state index in [2.05, 4.69) is 5.32 Å². The number of hydrogen-bond donors (Lipinski definition) is 2. The van der Waals surface area contributed by atoms with Crippen LogP contribution in [0.4, 0.5) is 0 Å². The summed E-state index contributed by atoms with van der Waals surface area (Å²) in [6.45, 7) is 2.01. The zero-order valence-electron chi connectivity index (χ0n) is 12.7. The predicted molar refractivity (Wildman–Crippen MR) is 82.8 cm³/mol. The number of carbonyl (C=O) groups excluding carboxylic acids is 1. The molecule has 1 fully saturated rings. The van der Waals surface area contributed by atoms with Crippen LogP contribution in [-0.4, -0.2) is 17.1 Å². The molecule has 1 unspecified atom stereocenters. The average molecular weight is 287 g/mol. The molecule has 114 valence electrons. The summed E-state index contributed by atoms with van der Waals surface area (Å²) >= 11 is 0. The minimum Gasteiger partial charge on any atom is -0.390 e. The molecular weight excluding hydrogens is 262 g/mol. The quantitative estimate of drug-likeness (QED) is 0.894. The molecule has 1 aromatic carbocycles. The SMILES string of the molecule is CC(CC1CCCC1)C(=O)N[C@H]1c2ccccc2C[C@H]1O.